The van der Waals surface area contributed by atoms with Gasteiger partial charge < -0.3 is 19.4 Å². The molecule has 0 unspecified atom stereocenters. The Balaban J connectivity index is 1.27. The van der Waals surface area contributed by atoms with E-state index in [0.717, 1.165) is 60.0 Å². The van der Waals surface area contributed by atoms with Gasteiger partial charge in [-0.15, -0.1) is 0 Å². The fraction of sp³-hybridized carbons (Fsp3) is 0.400. The lowest BCUT2D eigenvalue weighted by Gasteiger charge is -2.40. The number of nitrogens with zero attached hydrogens (tertiary/aromatic N) is 5. The number of rotatable bonds is 4. The average Bonchev–Trinajstić information content (AvgIpc) is 2.88. The molecule has 1 atom stereocenters. The van der Waals surface area contributed by atoms with Crippen LogP contribution in [0.4, 0.5) is 11.5 Å². The van der Waals surface area contributed by atoms with Crippen molar-refractivity contribution in [2.45, 2.75) is 12.8 Å². The lowest BCUT2D eigenvalue weighted by atomic mass is 9.96. The number of ether oxygens (including phenoxy) is 1. The summed E-state index contributed by atoms with van der Waals surface area (Å²) < 4.78 is 5.56. The van der Waals surface area contributed by atoms with Gasteiger partial charge in [0.25, 0.3) is 5.88 Å². The Bertz CT molecular complexity index is 1150. The van der Waals surface area contributed by atoms with Crippen LogP contribution in [0.2, 0.25) is 5.02 Å². The molecule has 0 saturated carbocycles. The van der Waals surface area contributed by atoms with Crippen LogP contribution in [0, 0.1) is 5.92 Å². The molecule has 7 nitrogen and oxygen atoms in total. The molecule has 172 valence electrons. The summed E-state index contributed by atoms with van der Waals surface area (Å²) in [6, 6.07) is 15.7. The van der Waals surface area contributed by atoms with Crippen molar-refractivity contribution in [3.63, 3.8) is 0 Å². The van der Waals surface area contributed by atoms with Gasteiger partial charge in [0, 0.05) is 39.3 Å². The third-order valence-electron chi connectivity index (χ3n) is 6.57. The molecule has 3 aromatic rings. The minimum atomic E-state index is -0.0522. The van der Waals surface area contributed by atoms with E-state index in [2.05, 4.69) is 14.8 Å². The van der Waals surface area contributed by atoms with Crippen LogP contribution in [0.3, 0.4) is 0 Å². The second-order valence-electron chi connectivity index (χ2n) is 8.59. The van der Waals surface area contributed by atoms with Crippen molar-refractivity contribution in [2.24, 2.45) is 5.92 Å². The van der Waals surface area contributed by atoms with Gasteiger partial charge in [-0.3, -0.25) is 4.79 Å². The quantitative estimate of drug-likeness (QED) is 0.583. The lowest BCUT2D eigenvalue weighted by molar-refractivity contribution is -0.136. The third kappa shape index (κ3) is 4.42. The van der Waals surface area contributed by atoms with Crippen molar-refractivity contribution in [1.82, 2.24) is 14.9 Å². The van der Waals surface area contributed by atoms with E-state index < -0.39 is 0 Å². The number of para-hydroxylation sites is 3. The largest absolute Gasteiger partial charge is 0.478 e. The van der Waals surface area contributed by atoms with Crippen molar-refractivity contribution < 1.29 is 9.53 Å². The molecule has 5 rings (SSSR count). The average molecular weight is 466 g/mol. The van der Waals surface area contributed by atoms with E-state index in [9.17, 15) is 4.79 Å². The van der Waals surface area contributed by atoms with E-state index >= 15 is 0 Å². The molecule has 1 amide bonds. The summed E-state index contributed by atoms with van der Waals surface area (Å²) in [5.74, 6) is 1.40. The number of anilines is 2. The predicted molar refractivity (Wildman–Crippen MR) is 131 cm³/mol. The summed E-state index contributed by atoms with van der Waals surface area (Å²) in [5, 5.41) is 0.755. The number of piperazine rings is 1. The third-order valence-corrected chi connectivity index (χ3v) is 6.89. The smallest absolute Gasteiger partial charge is 0.257 e. The molecule has 33 heavy (non-hydrogen) atoms. The minimum Gasteiger partial charge on any atom is -0.478 e. The molecule has 2 saturated heterocycles. The van der Waals surface area contributed by atoms with Gasteiger partial charge in [-0.2, -0.15) is 0 Å². The number of halogens is 1. The molecule has 2 aliphatic rings. The number of aromatic nitrogens is 2. The Labute approximate surface area is 198 Å². The van der Waals surface area contributed by atoms with Crippen LogP contribution >= 0.6 is 11.6 Å². The fourth-order valence-electron chi connectivity index (χ4n) is 4.82. The molecule has 0 bridgehead atoms. The highest BCUT2D eigenvalue weighted by molar-refractivity contribution is 6.33. The fourth-order valence-corrected chi connectivity index (χ4v) is 5.08. The first-order chi connectivity index (χ1) is 16.1. The number of methoxy groups -OCH3 is 1. The van der Waals surface area contributed by atoms with Gasteiger partial charge in [0.15, 0.2) is 5.82 Å². The van der Waals surface area contributed by atoms with Crippen molar-refractivity contribution in [2.75, 3.05) is 56.2 Å². The summed E-state index contributed by atoms with van der Waals surface area (Å²) in [4.78, 5) is 29.3. The first-order valence-electron chi connectivity index (χ1n) is 11.5. The molecular formula is C25H28ClN5O2. The zero-order valence-corrected chi connectivity index (χ0v) is 19.5. The second-order valence-corrected chi connectivity index (χ2v) is 9.00. The topological polar surface area (TPSA) is 61.8 Å². The number of carbonyl (C=O) groups is 1. The number of benzene rings is 2. The Morgan fingerprint density at radius 1 is 0.939 bits per heavy atom. The van der Waals surface area contributed by atoms with E-state index in [0.29, 0.717) is 25.5 Å². The maximum Gasteiger partial charge on any atom is 0.257 e. The van der Waals surface area contributed by atoms with E-state index in [1.165, 1.54) is 0 Å². The highest BCUT2D eigenvalue weighted by Gasteiger charge is 2.33. The molecular weight excluding hydrogens is 438 g/mol. The minimum absolute atomic E-state index is 0.0522. The van der Waals surface area contributed by atoms with Crippen LogP contribution in [-0.2, 0) is 4.79 Å². The van der Waals surface area contributed by atoms with Crippen LogP contribution in [-0.4, -0.2) is 67.2 Å². The number of carbonyl (C=O) groups excluding carboxylic acids is 1. The van der Waals surface area contributed by atoms with Crippen LogP contribution in [0.25, 0.3) is 11.0 Å². The van der Waals surface area contributed by atoms with Gasteiger partial charge in [0.1, 0.15) is 0 Å². The monoisotopic (exact) mass is 465 g/mol. The SMILES string of the molecule is COc1nc2ccccc2nc1N1CCC[C@@H](C(=O)N2CCN(c3ccccc3Cl)CC2)C1. The normalized spacial score (nSPS) is 19.1. The molecule has 8 heteroatoms. The molecule has 0 aliphatic carbocycles. The Morgan fingerprint density at radius 3 is 2.36 bits per heavy atom. The van der Waals surface area contributed by atoms with E-state index in [1.807, 2.05) is 53.4 Å². The summed E-state index contributed by atoms with van der Waals surface area (Å²) in [5.41, 5.74) is 2.67. The van der Waals surface area contributed by atoms with Gasteiger partial charge >= 0.3 is 0 Å². The van der Waals surface area contributed by atoms with Gasteiger partial charge in [0.05, 0.1) is 34.8 Å². The number of piperidine rings is 1. The van der Waals surface area contributed by atoms with Gasteiger partial charge in [0.2, 0.25) is 5.91 Å². The van der Waals surface area contributed by atoms with Crippen molar-refractivity contribution >= 4 is 40.0 Å². The standard InChI is InChI=1S/C25H28ClN5O2/c1-33-24-23(27-20-9-3-4-10-21(20)28-24)31-12-6-7-18(17-31)25(32)30-15-13-29(14-16-30)22-11-5-2-8-19(22)26/h2-5,8-11,18H,6-7,12-17H2,1H3/t18-/m1/s1. The zero-order chi connectivity index (χ0) is 22.8. The maximum atomic E-state index is 13.4. The van der Waals surface area contributed by atoms with Gasteiger partial charge in [-0.25, -0.2) is 9.97 Å². The molecule has 2 aliphatic heterocycles. The first kappa shape index (κ1) is 21.8. The Kier molecular flexibility index (Phi) is 6.22. The van der Waals surface area contributed by atoms with Gasteiger partial charge in [-0.05, 0) is 37.1 Å². The van der Waals surface area contributed by atoms with Crippen molar-refractivity contribution in [1.29, 1.82) is 0 Å². The molecule has 0 spiro atoms. The highest BCUT2D eigenvalue weighted by Crippen LogP contribution is 2.31. The highest BCUT2D eigenvalue weighted by atomic mass is 35.5. The summed E-state index contributed by atoms with van der Waals surface area (Å²) in [6.45, 7) is 4.46. The van der Waals surface area contributed by atoms with E-state index in [1.54, 1.807) is 7.11 Å². The molecule has 2 fully saturated rings. The zero-order valence-electron chi connectivity index (χ0n) is 18.8. The van der Waals surface area contributed by atoms with E-state index in [-0.39, 0.29) is 11.8 Å². The van der Waals surface area contributed by atoms with Crippen molar-refractivity contribution in [3.8, 4) is 5.88 Å². The number of amides is 1. The van der Waals surface area contributed by atoms with Crippen LogP contribution in [0.1, 0.15) is 12.8 Å². The molecule has 0 radical (unpaired) electrons. The number of hydrogen-bond acceptors (Lipinski definition) is 6. The Hall–Kier alpha value is -3.06. The van der Waals surface area contributed by atoms with E-state index in [4.69, 9.17) is 21.3 Å². The molecule has 1 aromatic heterocycles. The molecule has 3 heterocycles. The van der Waals surface area contributed by atoms with Gasteiger partial charge in [-0.1, -0.05) is 35.9 Å². The van der Waals surface area contributed by atoms with Crippen LogP contribution in [0.15, 0.2) is 48.5 Å². The number of hydrogen-bond donors (Lipinski definition) is 0. The summed E-state index contributed by atoms with van der Waals surface area (Å²) >= 11 is 6.36. The molecule has 2 aromatic carbocycles. The maximum absolute atomic E-state index is 13.4. The van der Waals surface area contributed by atoms with Crippen molar-refractivity contribution in [3.05, 3.63) is 53.6 Å². The van der Waals surface area contributed by atoms with Crippen LogP contribution in [0.5, 0.6) is 5.88 Å². The summed E-state index contributed by atoms with van der Waals surface area (Å²) in [7, 11) is 1.62. The number of fused-ring (bicyclic) bond motifs is 1. The second kappa shape index (κ2) is 9.43. The Morgan fingerprint density at radius 2 is 1.64 bits per heavy atom. The first-order valence-corrected chi connectivity index (χ1v) is 11.9. The predicted octanol–water partition coefficient (Wildman–Crippen LogP) is 3.86. The van der Waals surface area contributed by atoms with Crippen LogP contribution < -0.4 is 14.5 Å². The lowest BCUT2D eigenvalue weighted by Crippen LogP contribution is -2.52. The molecule has 0 N–H and O–H groups in total. The summed E-state index contributed by atoms with van der Waals surface area (Å²) in [6.07, 6.45) is 1.83.